The molecule has 116 valence electrons. The molecule has 2 atom stereocenters. The lowest BCUT2D eigenvalue weighted by Crippen LogP contribution is -2.46. The second-order valence-corrected chi connectivity index (χ2v) is 5.91. The molecule has 0 saturated carbocycles. The first kappa shape index (κ1) is 19.6. The normalized spacial score (nSPS) is 21.8. The molecule has 1 amide bonds. The zero-order valence-electron chi connectivity index (χ0n) is 11.5. The van der Waals surface area contributed by atoms with Gasteiger partial charge in [-0.15, -0.1) is 36.2 Å². The number of rotatable bonds is 4. The number of ether oxygens (including phenoxy) is 1. The molecule has 0 aliphatic carbocycles. The SMILES string of the molecule is CC(C)(NC(=O)[C@@H]1CC[C@H](CN)O1)c1nccs1.Cl.Cl. The predicted octanol–water partition coefficient (Wildman–Crippen LogP) is 1.84. The Kier molecular flexibility index (Phi) is 7.98. The van der Waals surface area contributed by atoms with Gasteiger partial charge >= 0.3 is 0 Å². The highest BCUT2D eigenvalue weighted by Gasteiger charge is 2.34. The average molecular weight is 342 g/mol. The summed E-state index contributed by atoms with van der Waals surface area (Å²) in [4.78, 5) is 16.4. The maximum atomic E-state index is 12.1. The highest BCUT2D eigenvalue weighted by atomic mass is 35.5. The van der Waals surface area contributed by atoms with Crippen LogP contribution in [0.5, 0.6) is 0 Å². The highest BCUT2D eigenvalue weighted by Crippen LogP contribution is 2.24. The van der Waals surface area contributed by atoms with Crippen molar-refractivity contribution in [3.05, 3.63) is 16.6 Å². The molecule has 0 bridgehead atoms. The maximum absolute atomic E-state index is 12.1. The van der Waals surface area contributed by atoms with Crippen molar-refractivity contribution >= 4 is 42.1 Å². The van der Waals surface area contributed by atoms with E-state index in [1.54, 1.807) is 6.20 Å². The largest absolute Gasteiger partial charge is 0.364 e. The summed E-state index contributed by atoms with van der Waals surface area (Å²) in [5.41, 5.74) is 5.07. The van der Waals surface area contributed by atoms with Crippen molar-refractivity contribution in [1.29, 1.82) is 0 Å². The molecule has 2 rings (SSSR count). The van der Waals surface area contributed by atoms with Crippen LogP contribution in [0.1, 0.15) is 31.7 Å². The number of nitrogens with zero attached hydrogens (tertiary/aromatic N) is 1. The lowest BCUT2D eigenvalue weighted by Gasteiger charge is -2.25. The Balaban J connectivity index is 0.00000180. The molecule has 1 aliphatic rings. The van der Waals surface area contributed by atoms with Crippen molar-refractivity contribution in [3.63, 3.8) is 0 Å². The van der Waals surface area contributed by atoms with Gasteiger partial charge in [0.2, 0.25) is 5.91 Å². The Morgan fingerprint density at radius 2 is 2.25 bits per heavy atom. The average Bonchev–Trinajstić information content (AvgIpc) is 3.00. The molecule has 1 fully saturated rings. The number of nitrogens with two attached hydrogens (primary N) is 1. The lowest BCUT2D eigenvalue weighted by molar-refractivity contribution is -0.133. The molecule has 3 N–H and O–H groups in total. The van der Waals surface area contributed by atoms with Crippen molar-refractivity contribution < 1.29 is 9.53 Å². The molecule has 1 aromatic heterocycles. The number of amides is 1. The zero-order valence-corrected chi connectivity index (χ0v) is 13.9. The number of hydrogen-bond donors (Lipinski definition) is 2. The van der Waals surface area contributed by atoms with Crippen molar-refractivity contribution in [1.82, 2.24) is 10.3 Å². The maximum Gasteiger partial charge on any atom is 0.249 e. The van der Waals surface area contributed by atoms with Crippen molar-refractivity contribution in [2.45, 2.75) is 44.4 Å². The van der Waals surface area contributed by atoms with Gasteiger partial charge in [0.05, 0.1) is 11.6 Å². The fraction of sp³-hybridized carbons (Fsp3) is 0.667. The lowest BCUT2D eigenvalue weighted by atomic mass is 10.1. The van der Waals surface area contributed by atoms with Crippen molar-refractivity contribution in [2.75, 3.05) is 6.54 Å². The highest BCUT2D eigenvalue weighted by molar-refractivity contribution is 7.09. The van der Waals surface area contributed by atoms with Crippen LogP contribution in [0.15, 0.2) is 11.6 Å². The first-order valence-electron chi connectivity index (χ1n) is 6.10. The number of halogens is 2. The van der Waals surface area contributed by atoms with Gasteiger partial charge in [0.1, 0.15) is 11.1 Å². The molecule has 8 heteroatoms. The Morgan fingerprint density at radius 1 is 1.55 bits per heavy atom. The van der Waals surface area contributed by atoms with Crippen molar-refractivity contribution in [3.8, 4) is 0 Å². The van der Waals surface area contributed by atoms with E-state index in [1.165, 1.54) is 11.3 Å². The minimum Gasteiger partial charge on any atom is -0.364 e. The van der Waals surface area contributed by atoms with E-state index in [2.05, 4.69) is 10.3 Å². The van der Waals surface area contributed by atoms with Gasteiger partial charge in [0.25, 0.3) is 0 Å². The van der Waals surface area contributed by atoms with Gasteiger partial charge in [-0.05, 0) is 26.7 Å². The van der Waals surface area contributed by atoms with E-state index in [-0.39, 0.29) is 42.9 Å². The minimum atomic E-state index is -0.463. The van der Waals surface area contributed by atoms with E-state index < -0.39 is 5.54 Å². The fourth-order valence-electron chi connectivity index (χ4n) is 2.05. The standard InChI is InChI=1S/C12H19N3O2S.2ClH/c1-12(2,11-14-5-6-18-11)15-10(16)9-4-3-8(7-13)17-9;;/h5-6,8-9H,3-4,7,13H2,1-2H3,(H,15,16);2*1H/t8-,9+;;/m1../s1. The van der Waals surface area contributed by atoms with Crippen LogP contribution in [0.2, 0.25) is 0 Å². The molecular formula is C12H21Cl2N3O2S. The number of aromatic nitrogens is 1. The molecule has 1 saturated heterocycles. The Bertz CT molecular complexity index is 415. The van der Waals surface area contributed by atoms with Gasteiger partial charge in [0.15, 0.2) is 0 Å². The summed E-state index contributed by atoms with van der Waals surface area (Å²) < 4.78 is 5.58. The molecule has 0 radical (unpaired) electrons. The van der Waals surface area contributed by atoms with E-state index in [9.17, 15) is 4.79 Å². The number of carbonyl (C=O) groups excluding carboxylic acids is 1. The third-order valence-corrected chi connectivity index (χ3v) is 4.16. The summed E-state index contributed by atoms with van der Waals surface area (Å²) >= 11 is 1.53. The fourth-order valence-corrected chi connectivity index (χ4v) is 2.76. The molecule has 1 aliphatic heterocycles. The summed E-state index contributed by atoms with van der Waals surface area (Å²) in [7, 11) is 0. The van der Waals surface area contributed by atoms with Crippen LogP contribution >= 0.6 is 36.2 Å². The molecule has 5 nitrogen and oxygen atoms in total. The quantitative estimate of drug-likeness (QED) is 0.875. The van der Waals surface area contributed by atoms with E-state index in [1.807, 2.05) is 19.2 Å². The molecule has 2 heterocycles. The Morgan fingerprint density at radius 3 is 2.75 bits per heavy atom. The molecule has 1 aromatic rings. The minimum absolute atomic E-state index is 0. The van der Waals surface area contributed by atoms with Crippen LogP contribution in [0.25, 0.3) is 0 Å². The second kappa shape index (κ2) is 8.14. The zero-order chi connectivity index (χ0) is 13.2. The Labute approximate surface area is 135 Å². The number of nitrogens with one attached hydrogen (secondary N) is 1. The van der Waals surface area contributed by atoms with Gasteiger partial charge in [-0.2, -0.15) is 0 Å². The van der Waals surface area contributed by atoms with E-state index >= 15 is 0 Å². The monoisotopic (exact) mass is 341 g/mol. The molecule has 0 unspecified atom stereocenters. The van der Waals surface area contributed by atoms with E-state index in [0.717, 1.165) is 17.8 Å². The second-order valence-electron chi connectivity index (χ2n) is 5.01. The van der Waals surface area contributed by atoms with Crippen molar-refractivity contribution in [2.24, 2.45) is 5.73 Å². The van der Waals surface area contributed by atoms with Gasteiger partial charge in [-0.3, -0.25) is 4.79 Å². The van der Waals surface area contributed by atoms with Gasteiger partial charge in [-0.25, -0.2) is 4.98 Å². The molecule has 0 spiro atoms. The smallest absolute Gasteiger partial charge is 0.249 e. The van der Waals surface area contributed by atoms with Gasteiger partial charge in [-0.1, -0.05) is 0 Å². The number of carbonyl (C=O) groups is 1. The first-order chi connectivity index (χ1) is 8.53. The summed E-state index contributed by atoms with van der Waals surface area (Å²) in [6.45, 7) is 4.36. The molecule has 0 aromatic carbocycles. The van der Waals surface area contributed by atoms with E-state index in [4.69, 9.17) is 10.5 Å². The third kappa shape index (κ3) is 4.56. The number of thiazole rings is 1. The summed E-state index contributed by atoms with van der Waals surface area (Å²) in [5.74, 6) is -0.0776. The van der Waals surface area contributed by atoms with Gasteiger partial charge < -0.3 is 15.8 Å². The van der Waals surface area contributed by atoms with E-state index in [0.29, 0.717) is 6.54 Å². The van der Waals surface area contributed by atoms with Crippen LogP contribution in [0.3, 0.4) is 0 Å². The molecule has 20 heavy (non-hydrogen) atoms. The third-order valence-electron chi connectivity index (χ3n) is 3.07. The Hall–Kier alpha value is -0.400. The topological polar surface area (TPSA) is 77.2 Å². The summed E-state index contributed by atoms with van der Waals surface area (Å²) in [6, 6.07) is 0. The van der Waals surface area contributed by atoms with Crippen LogP contribution in [-0.2, 0) is 15.1 Å². The van der Waals surface area contributed by atoms with Crippen LogP contribution in [0, 0.1) is 0 Å². The first-order valence-corrected chi connectivity index (χ1v) is 6.98. The van der Waals surface area contributed by atoms with Crippen LogP contribution < -0.4 is 11.1 Å². The van der Waals surface area contributed by atoms with Crippen LogP contribution in [0.4, 0.5) is 0 Å². The summed E-state index contributed by atoms with van der Waals surface area (Å²) in [5, 5.41) is 5.78. The van der Waals surface area contributed by atoms with Gasteiger partial charge in [0, 0.05) is 18.1 Å². The predicted molar refractivity (Wildman–Crippen MR) is 84.7 cm³/mol. The number of hydrogen-bond acceptors (Lipinski definition) is 5. The molecular weight excluding hydrogens is 321 g/mol. The summed E-state index contributed by atoms with van der Waals surface area (Å²) in [6.07, 6.45) is 2.97. The van der Waals surface area contributed by atoms with Crippen LogP contribution in [-0.4, -0.2) is 29.6 Å².